The minimum absolute atomic E-state index is 0.0696. The van der Waals surface area contributed by atoms with Crippen molar-refractivity contribution < 1.29 is 10.2 Å². The molecule has 0 aliphatic carbocycles. The van der Waals surface area contributed by atoms with Crippen LogP contribution in [-0.2, 0) is 0 Å². The number of pyridine rings is 1. The number of hydrogen-bond acceptors (Lipinski definition) is 4. The van der Waals surface area contributed by atoms with E-state index in [1.165, 1.54) is 12.3 Å². The molecule has 86 valence electrons. The summed E-state index contributed by atoms with van der Waals surface area (Å²) in [6.07, 6.45) is -0.680. The monoisotopic (exact) mass is 260 g/mol. The molecule has 16 heavy (non-hydrogen) atoms. The molecule has 0 amide bonds. The minimum Gasteiger partial charge on any atom is -0.390 e. The highest BCUT2D eigenvalue weighted by molar-refractivity contribution is 6.30. The van der Waals surface area contributed by atoms with Gasteiger partial charge in [0.2, 0.25) is 0 Å². The molecular weight excluding hydrogens is 251 g/mol. The van der Waals surface area contributed by atoms with E-state index in [1.54, 1.807) is 0 Å². The lowest BCUT2D eigenvalue weighted by Crippen LogP contribution is -2.19. The van der Waals surface area contributed by atoms with E-state index in [4.69, 9.17) is 28.5 Å². The third-order valence-corrected chi connectivity index (χ3v) is 2.62. The molecule has 1 rings (SSSR count). The average Bonchev–Trinajstić information content (AvgIpc) is 2.29. The second-order valence-electron chi connectivity index (χ2n) is 3.21. The van der Waals surface area contributed by atoms with Crippen molar-refractivity contribution in [3.8, 4) is 6.07 Å². The zero-order chi connectivity index (χ0) is 12.1. The van der Waals surface area contributed by atoms with Crippen molar-refractivity contribution in [1.29, 1.82) is 5.26 Å². The number of halogens is 2. The summed E-state index contributed by atoms with van der Waals surface area (Å²) < 4.78 is 0. The zero-order valence-corrected chi connectivity index (χ0v) is 9.78. The van der Waals surface area contributed by atoms with E-state index in [9.17, 15) is 10.2 Å². The van der Waals surface area contributed by atoms with Crippen molar-refractivity contribution in [2.24, 2.45) is 0 Å². The third kappa shape index (κ3) is 3.06. The molecule has 2 N–H and O–H groups in total. The summed E-state index contributed by atoms with van der Waals surface area (Å²) >= 11 is 11.2. The van der Waals surface area contributed by atoms with Gasteiger partial charge in [0.15, 0.2) is 0 Å². The molecule has 0 saturated carbocycles. The fourth-order valence-corrected chi connectivity index (χ4v) is 1.65. The summed E-state index contributed by atoms with van der Waals surface area (Å²) in [7, 11) is 0. The maximum Gasteiger partial charge on any atom is 0.134 e. The van der Waals surface area contributed by atoms with Crippen LogP contribution in [0.3, 0.4) is 0 Å². The van der Waals surface area contributed by atoms with Gasteiger partial charge in [0.25, 0.3) is 0 Å². The number of nitrogens with zero attached hydrogens (tertiary/aromatic N) is 2. The van der Waals surface area contributed by atoms with Crippen LogP contribution in [0.4, 0.5) is 0 Å². The zero-order valence-electron chi connectivity index (χ0n) is 8.27. The van der Waals surface area contributed by atoms with Crippen LogP contribution in [0.15, 0.2) is 12.3 Å². The first-order valence-corrected chi connectivity index (χ1v) is 5.49. The predicted octanol–water partition coefficient (Wildman–Crippen LogP) is 1.63. The van der Waals surface area contributed by atoms with Crippen molar-refractivity contribution in [2.45, 2.75) is 18.6 Å². The Balaban J connectivity index is 2.98. The Morgan fingerprint density at radius 1 is 1.50 bits per heavy atom. The van der Waals surface area contributed by atoms with Gasteiger partial charge in [-0.05, 0) is 12.5 Å². The van der Waals surface area contributed by atoms with Crippen molar-refractivity contribution in [2.75, 3.05) is 5.88 Å². The fraction of sp³-hybridized carbons (Fsp3) is 0.400. The lowest BCUT2D eigenvalue weighted by molar-refractivity contribution is 0.0168. The van der Waals surface area contributed by atoms with Gasteiger partial charge in [-0.15, -0.1) is 11.6 Å². The molecule has 2 atom stereocenters. The fourth-order valence-electron chi connectivity index (χ4n) is 1.21. The molecule has 4 nitrogen and oxygen atoms in total. The Kier molecular flexibility index (Phi) is 4.97. The van der Waals surface area contributed by atoms with Gasteiger partial charge in [-0.3, -0.25) is 0 Å². The number of hydrogen-bond donors (Lipinski definition) is 2. The maximum absolute atomic E-state index is 9.78. The standard InChI is InChI=1S/C10H10Cl2N2O2/c11-2-1-8(15)9(16)7-3-6(4-13)5-14-10(7)12/h3,5,8-9,15-16H,1-2H2. The van der Waals surface area contributed by atoms with E-state index >= 15 is 0 Å². The number of rotatable bonds is 4. The Morgan fingerprint density at radius 2 is 2.19 bits per heavy atom. The van der Waals surface area contributed by atoms with Gasteiger partial charge in [-0.1, -0.05) is 11.6 Å². The molecule has 0 aliphatic heterocycles. The Labute approximate surface area is 103 Å². The average molecular weight is 261 g/mol. The molecule has 1 aromatic rings. The second kappa shape index (κ2) is 6.02. The van der Waals surface area contributed by atoms with Crippen LogP contribution >= 0.6 is 23.2 Å². The van der Waals surface area contributed by atoms with Gasteiger partial charge >= 0.3 is 0 Å². The van der Waals surface area contributed by atoms with Crippen molar-refractivity contribution in [3.63, 3.8) is 0 Å². The Bertz CT molecular complexity index is 406. The first kappa shape index (κ1) is 13.2. The molecule has 1 heterocycles. The van der Waals surface area contributed by atoms with Crippen molar-refractivity contribution in [1.82, 2.24) is 4.98 Å². The van der Waals surface area contributed by atoms with Gasteiger partial charge < -0.3 is 10.2 Å². The van der Waals surface area contributed by atoms with Gasteiger partial charge in [0, 0.05) is 17.6 Å². The minimum atomic E-state index is -1.19. The normalized spacial score (nSPS) is 14.2. The SMILES string of the molecule is N#Cc1cnc(Cl)c(C(O)C(O)CCCl)c1. The van der Waals surface area contributed by atoms with E-state index in [2.05, 4.69) is 4.98 Å². The van der Waals surface area contributed by atoms with Gasteiger partial charge in [0.05, 0.1) is 11.7 Å². The van der Waals surface area contributed by atoms with Gasteiger partial charge in [0.1, 0.15) is 17.3 Å². The molecule has 0 saturated heterocycles. The highest BCUT2D eigenvalue weighted by atomic mass is 35.5. The number of alkyl halides is 1. The third-order valence-electron chi connectivity index (χ3n) is 2.08. The Hall–Kier alpha value is -0.860. The van der Waals surface area contributed by atoms with Crippen LogP contribution in [0, 0.1) is 11.3 Å². The molecule has 0 fully saturated rings. The molecule has 0 bridgehead atoms. The lowest BCUT2D eigenvalue weighted by atomic mass is 10.0. The molecule has 2 unspecified atom stereocenters. The molecule has 0 radical (unpaired) electrons. The molecule has 6 heteroatoms. The van der Waals surface area contributed by atoms with E-state index < -0.39 is 12.2 Å². The van der Waals surface area contributed by atoms with E-state index in [0.29, 0.717) is 0 Å². The van der Waals surface area contributed by atoms with Crippen LogP contribution in [-0.4, -0.2) is 27.2 Å². The quantitative estimate of drug-likeness (QED) is 0.637. The van der Waals surface area contributed by atoms with Crippen molar-refractivity contribution >= 4 is 23.2 Å². The van der Waals surface area contributed by atoms with E-state index in [1.807, 2.05) is 6.07 Å². The number of aliphatic hydroxyl groups is 2. The molecule has 1 aromatic heterocycles. The van der Waals surface area contributed by atoms with Crippen LogP contribution in [0.1, 0.15) is 23.7 Å². The summed E-state index contributed by atoms with van der Waals surface area (Å²) in [6, 6.07) is 3.28. The number of aliphatic hydroxyl groups excluding tert-OH is 2. The van der Waals surface area contributed by atoms with Gasteiger partial charge in [-0.2, -0.15) is 5.26 Å². The first-order chi connectivity index (χ1) is 7.60. The van der Waals surface area contributed by atoms with Gasteiger partial charge in [-0.25, -0.2) is 4.98 Å². The smallest absolute Gasteiger partial charge is 0.134 e. The molecule has 0 aliphatic rings. The van der Waals surface area contributed by atoms with Crippen LogP contribution in [0.2, 0.25) is 5.15 Å². The molecule has 0 aromatic carbocycles. The first-order valence-electron chi connectivity index (χ1n) is 4.57. The van der Waals surface area contributed by atoms with Crippen LogP contribution in [0.25, 0.3) is 0 Å². The summed E-state index contributed by atoms with van der Waals surface area (Å²) in [4.78, 5) is 3.75. The summed E-state index contributed by atoms with van der Waals surface area (Å²) in [5, 5.41) is 28.1. The van der Waals surface area contributed by atoms with E-state index in [0.717, 1.165) is 0 Å². The second-order valence-corrected chi connectivity index (χ2v) is 3.94. The largest absolute Gasteiger partial charge is 0.390 e. The summed E-state index contributed by atoms with van der Waals surface area (Å²) in [6.45, 7) is 0. The maximum atomic E-state index is 9.78. The predicted molar refractivity (Wildman–Crippen MR) is 60.3 cm³/mol. The number of aromatic nitrogens is 1. The molecular formula is C10H10Cl2N2O2. The van der Waals surface area contributed by atoms with Crippen LogP contribution in [0.5, 0.6) is 0 Å². The molecule has 0 spiro atoms. The van der Waals surface area contributed by atoms with Crippen molar-refractivity contribution in [3.05, 3.63) is 28.5 Å². The Morgan fingerprint density at radius 3 is 2.75 bits per heavy atom. The lowest BCUT2D eigenvalue weighted by Gasteiger charge is -2.17. The summed E-state index contributed by atoms with van der Waals surface area (Å²) in [5.74, 6) is 0.223. The number of nitriles is 1. The highest BCUT2D eigenvalue weighted by Crippen LogP contribution is 2.25. The van der Waals surface area contributed by atoms with E-state index in [-0.39, 0.29) is 28.6 Å². The highest BCUT2D eigenvalue weighted by Gasteiger charge is 2.21. The van der Waals surface area contributed by atoms with Crippen LogP contribution < -0.4 is 0 Å². The summed E-state index contributed by atoms with van der Waals surface area (Å²) in [5.41, 5.74) is 0.509. The topological polar surface area (TPSA) is 77.1 Å².